The van der Waals surface area contributed by atoms with Gasteiger partial charge in [0.05, 0.1) is 0 Å². The number of nitrogens with zero attached hydrogens (tertiary/aromatic N) is 12. The van der Waals surface area contributed by atoms with E-state index in [0.717, 1.165) is 11.1 Å². The summed E-state index contributed by atoms with van der Waals surface area (Å²) in [6.45, 7) is 3.92. The van der Waals surface area contributed by atoms with Crippen LogP contribution in [0.1, 0.15) is 11.1 Å². The van der Waals surface area contributed by atoms with E-state index >= 15 is 0 Å². The van der Waals surface area contributed by atoms with Crippen LogP contribution >= 0.6 is 0 Å². The molecule has 6 aromatic heterocycles. The minimum Gasteiger partial charge on any atom is -0.582 e. The molecule has 0 aliphatic rings. The number of hydrogen-bond donors (Lipinski definition) is 0. The zero-order valence-corrected chi connectivity index (χ0v) is 27.6. The van der Waals surface area contributed by atoms with Crippen molar-refractivity contribution in [3.8, 4) is 23.3 Å². The van der Waals surface area contributed by atoms with E-state index in [2.05, 4.69) is 60.3 Å². The second-order valence-corrected chi connectivity index (χ2v) is 9.02. The zero-order chi connectivity index (χ0) is 34.3. The number of halogens is 2. The van der Waals surface area contributed by atoms with Crippen molar-refractivity contribution in [3.63, 3.8) is 0 Å². The number of aromatic nitrogens is 12. The van der Waals surface area contributed by atoms with E-state index in [-0.39, 0.29) is 34.1 Å². The van der Waals surface area contributed by atoms with Crippen LogP contribution < -0.4 is 47.5 Å². The predicted molar refractivity (Wildman–Crippen MR) is 131 cm³/mol. The van der Waals surface area contributed by atoms with Crippen LogP contribution in [-0.2, 0) is 34.1 Å². The van der Waals surface area contributed by atoms with E-state index in [0.29, 0.717) is 23.3 Å². The molecular formula is C24H22Cl2Cu2N12O8. The molecule has 0 bridgehead atoms. The zero-order valence-electron chi connectivity index (χ0n) is 24.2. The molecule has 6 rings (SSSR count). The fourth-order valence-corrected chi connectivity index (χ4v) is 2.22. The van der Waals surface area contributed by atoms with Gasteiger partial charge in [0, 0.05) is 62.0 Å². The molecule has 6 aromatic rings. The van der Waals surface area contributed by atoms with Gasteiger partial charge >= 0.3 is 34.1 Å². The first-order valence-corrected chi connectivity index (χ1v) is 14.3. The molecule has 6 heterocycles. The van der Waals surface area contributed by atoms with Crippen LogP contribution in [0.4, 0.5) is 0 Å². The third kappa shape index (κ3) is 28.3. The summed E-state index contributed by atoms with van der Waals surface area (Å²) in [7, 11) is -9.89. The van der Waals surface area contributed by atoms with Crippen LogP contribution in [0.25, 0.3) is 23.3 Å². The van der Waals surface area contributed by atoms with Crippen molar-refractivity contribution >= 4 is 0 Å². The first-order chi connectivity index (χ1) is 21.7. The molecule has 0 aliphatic heterocycles. The summed E-state index contributed by atoms with van der Waals surface area (Å²) in [5.74, 6) is 2.22. The van der Waals surface area contributed by atoms with Crippen LogP contribution in [0.2, 0.25) is 0 Å². The molecule has 0 saturated carbocycles. The molecule has 0 atom stereocenters. The van der Waals surface area contributed by atoms with E-state index in [4.69, 9.17) is 37.3 Å². The van der Waals surface area contributed by atoms with Gasteiger partial charge in [-0.25, -0.2) is 77.1 Å². The average molecular weight is 805 g/mol. The van der Waals surface area contributed by atoms with Crippen molar-refractivity contribution < 1.29 is 91.9 Å². The van der Waals surface area contributed by atoms with E-state index < -0.39 is 20.5 Å². The summed E-state index contributed by atoms with van der Waals surface area (Å²) < 4.78 is 67.9. The quantitative estimate of drug-likeness (QED) is 0.147. The third-order valence-electron chi connectivity index (χ3n) is 3.84. The van der Waals surface area contributed by atoms with Gasteiger partial charge in [-0.3, -0.25) is 0 Å². The molecule has 0 aliphatic carbocycles. The van der Waals surface area contributed by atoms with Gasteiger partial charge in [0.1, 0.15) is 0 Å². The summed E-state index contributed by atoms with van der Waals surface area (Å²) in [5, 5.41) is 14.3. The smallest absolute Gasteiger partial charge is 0.582 e. The van der Waals surface area contributed by atoms with Gasteiger partial charge in [-0.1, -0.05) is 11.1 Å². The molecule has 0 N–H and O–H groups in total. The van der Waals surface area contributed by atoms with Crippen LogP contribution in [0.5, 0.6) is 0 Å². The summed E-state index contributed by atoms with van der Waals surface area (Å²) in [4.78, 5) is 32.1. The molecule has 0 aromatic carbocycles. The second kappa shape index (κ2) is 26.0. The minimum absolute atomic E-state index is 0. The van der Waals surface area contributed by atoms with Crippen LogP contribution in [0.15, 0.2) is 98.6 Å². The largest absolute Gasteiger partial charge is 2.00 e. The fraction of sp³-hybridized carbons (Fsp3) is 0.0833. The van der Waals surface area contributed by atoms with Gasteiger partial charge in [0.2, 0.25) is 0 Å². The van der Waals surface area contributed by atoms with Gasteiger partial charge in [-0.2, -0.15) is 12.4 Å². The van der Waals surface area contributed by atoms with Gasteiger partial charge in [0.25, 0.3) is 0 Å². The van der Waals surface area contributed by atoms with Crippen LogP contribution in [0, 0.1) is 34.3 Å². The molecule has 24 heteroatoms. The fourth-order valence-electron chi connectivity index (χ4n) is 2.22. The maximum atomic E-state index is 8.49. The Morgan fingerprint density at radius 2 is 0.604 bits per heavy atom. The molecule has 262 valence electrons. The van der Waals surface area contributed by atoms with Crippen molar-refractivity contribution in [2.24, 2.45) is 0 Å². The van der Waals surface area contributed by atoms with Crippen LogP contribution in [0.3, 0.4) is 0 Å². The van der Waals surface area contributed by atoms with Crippen molar-refractivity contribution in [2.45, 2.75) is 13.8 Å². The Morgan fingerprint density at radius 3 is 0.708 bits per heavy atom. The van der Waals surface area contributed by atoms with Crippen molar-refractivity contribution in [3.05, 3.63) is 110 Å². The van der Waals surface area contributed by atoms with Gasteiger partial charge in [-0.15, -0.1) is 20.5 Å². The van der Waals surface area contributed by atoms with E-state index in [9.17, 15) is 0 Å². The Kier molecular flexibility index (Phi) is 25.0. The van der Waals surface area contributed by atoms with E-state index in [1.807, 2.05) is 13.8 Å². The predicted octanol–water partition coefficient (Wildman–Crippen LogP) is -6.96. The molecule has 20 nitrogen and oxygen atoms in total. The third-order valence-corrected chi connectivity index (χ3v) is 3.84. The minimum atomic E-state index is -4.94. The van der Waals surface area contributed by atoms with Crippen molar-refractivity contribution in [1.82, 2.24) is 60.3 Å². The standard InChI is InChI=1S/2C8H6N4.2C4H5N2.2ClHO4.2Cu/c2*1-3-9-7(10-4-1)8-11-5-2-6-12-8;2*1-4-2-5-6-3-4;2*2-1(3,4)5;;/h2*1-6H;2*2-3H,1H3;2*(H,2,3,4,5);;/q;;2*-1;;;2*+2/p-2. The normalized spacial score (nSPS) is 9.54. The Bertz CT molecular complexity index is 1340. The van der Waals surface area contributed by atoms with Gasteiger partial charge in [0.15, 0.2) is 23.3 Å². The van der Waals surface area contributed by atoms with Crippen LogP contribution in [-0.4, -0.2) is 50.1 Å². The maximum absolute atomic E-state index is 8.49. The summed E-state index contributed by atoms with van der Waals surface area (Å²) in [6.07, 6.45) is 20.2. The molecule has 48 heavy (non-hydrogen) atoms. The monoisotopic (exact) mass is 802 g/mol. The topological polar surface area (TPSA) is 342 Å². The average Bonchev–Trinajstić information content (AvgIpc) is 3.72. The first-order valence-electron chi connectivity index (χ1n) is 11.8. The first kappa shape index (κ1) is 46.2. The Morgan fingerprint density at radius 1 is 0.417 bits per heavy atom. The molecule has 0 amide bonds. The maximum Gasteiger partial charge on any atom is 2.00 e. The number of hydrogen-bond acceptors (Lipinski definition) is 18. The second-order valence-electron chi connectivity index (χ2n) is 7.51. The van der Waals surface area contributed by atoms with Gasteiger partial charge < -0.3 is 20.4 Å². The Balaban J connectivity index is 0. The summed E-state index contributed by atoms with van der Waals surface area (Å²) >= 11 is 0. The Hall–Kier alpha value is -3.96. The van der Waals surface area contributed by atoms with E-state index in [1.54, 1.807) is 98.6 Å². The molecule has 0 saturated heterocycles. The van der Waals surface area contributed by atoms with E-state index in [1.165, 1.54) is 0 Å². The molecule has 0 unspecified atom stereocenters. The number of rotatable bonds is 2. The Labute approximate surface area is 297 Å². The van der Waals surface area contributed by atoms with Gasteiger partial charge in [-0.05, 0) is 38.1 Å². The molecular weight excluding hydrogens is 782 g/mol. The SMILES string of the molecule is Cc1cn[n-]c1.Cc1cn[n-]c1.[Cu+2].[Cu+2].[O-][Cl+3]([O-])([O-])[O-].[O-][Cl+3]([O-])([O-])[O-].c1cnc(-c2ncccn2)nc1.c1cnc(-c2ncccn2)nc1. The van der Waals surface area contributed by atoms with Crippen molar-refractivity contribution in [1.29, 1.82) is 0 Å². The number of aryl methyl sites for hydroxylation is 2. The molecule has 0 fully saturated rings. The summed E-state index contributed by atoms with van der Waals surface area (Å²) in [6, 6.07) is 7.03. The molecule has 0 spiro atoms. The summed E-state index contributed by atoms with van der Waals surface area (Å²) in [5.41, 5.74) is 2.24. The molecule has 2 radical (unpaired) electrons. The van der Waals surface area contributed by atoms with Crippen molar-refractivity contribution in [2.75, 3.05) is 0 Å².